The van der Waals surface area contributed by atoms with Gasteiger partial charge in [0.1, 0.15) is 12.4 Å². The van der Waals surface area contributed by atoms with E-state index in [1.165, 1.54) is 0 Å². The Morgan fingerprint density at radius 2 is 2.04 bits per heavy atom. The second kappa shape index (κ2) is 5.85. The van der Waals surface area contributed by atoms with E-state index in [2.05, 4.69) is 5.32 Å². The smallest absolute Gasteiger partial charge is 0.258 e. The Balaban J connectivity index is 1.63. The highest BCUT2D eigenvalue weighted by molar-refractivity contribution is 6.02. The third-order valence-electron chi connectivity index (χ3n) is 4.93. The van der Waals surface area contributed by atoms with Crippen LogP contribution in [0.2, 0.25) is 0 Å². The lowest BCUT2D eigenvalue weighted by Gasteiger charge is -2.27. The van der Waals surface area contributed by atoms with Crippen LogP contribution in [0.3, 0.4) is 0 Å². The minimum Gasteiger partial charge on any atom is -0.491 e. The zero-order chi connectivity index (χ0) is 15.8. The van der Waals surface area contributed by atoms with Gasteiger partial charge in [-0.15, -0.1) is 0 Å². The Hall–Kier alpha value is -2.08. The lowest BCUT2D eigenvalue weighted by molar-refractivity contribution is 0.0726. The van der Waals surface area contributed by atoms with Gasteiger partial charge in [0.25, 0.3) is 11.8 Å². The Bertz CT molecular complexity index is 640. The molecule has 3 aliphatic rings. The summed E-state index contributed by atoms with van der Waals surface area (Å²) in [4.78, 5) is 29.1. The zero-order valence-electron chi connectivity index (χ0n) is 13.1. The van der Waals surface area contributed by atoms with Crippen LogP contribution < -0.4 is 10.1 Å². The molecule has 1 aromatic carbocycles. The first-order chi connectivity index (χ1) is 11.2. The molecule has 6 heteroatoms. The lowest BCUT2D eigenvalue weighted by atomic mass is 10.1. The summed E-state index contributed by atoms with van der Waals surface area (Å²) in [6.07, 6.45) is 2.01. The third kappa shape index (κ3) is 2.57. The number of amides is 2. The van der Waals surface area contributed by atoms with Crippen LogP contribution in [0.15, 0.2) is 18.2 Å². The third-order valence-corrected chi connectivity index (χ3v) is 4.93. The molecule has 2 fully saturated rings. The van der Waals surface area contributed by atoms with Crippen LogP contribution in [-0.4, -0.2) is 67.0 Å². The molecule has 0 aliphatic carbocycles. The molecule has 0 saturated carbocycles. The van der Waals surface area contributed by atoms with Crippen molar-refractivity contribution in [2.75, 3.05) is 39.3 Å². The fourth-order valence-electron chi connectivity index (χ4n) is 3.62. The molecule has 4 rings (SSSR count). The average molecular weight is 315 g/mol. The van der Waals surface area contributed by atoms with Crippen molar-refractivity contribution >= 4 is 11.8 Å². The number of carbonyl (C=O) groups excluding carboxylic acids is 2. The number of nitrogens with zero attached hydrogens (tertiary/aromatic N) is 2. The molecule has 2 saturated heterocycles. The predicted molar refractivity (Wildman–Crippen MR) is 84.8 cm³/mol. The highest BCUT2D eigenvalue weighted by atomic mass is 16.5. The molecule has 6 nitrogen and oxygen atoms in total. The lowest BCUT2D eigenvalue weighted by Crippen LogP contribution is -2.46. The summed E-state index contributed by atoms with van der Waals surface area (Å²) in [6, 6.07) is 5.42. The van der Waals surface area contributed by atoms with E-state index in [0.29, 0.717) is 36.6 Å². The molecule has 0 unspecified atom stereocenters. The summed E-state index contributed by atoms with van der Waals surface area (Å²) in [5.41, 5.74) is 1.09. The normalized spacial score (nSPS) is 23.8. The highest BCUT2D eigenvalue weighted by Gasteiger charge is 2.34. The summed E-state index contributed by atoms with van der Waals surface area (Å²) in [7, 11) is 0. The van der Waals surface area contributed by atoms with Gasteiger partial charge in [0.05, 0.1) is 11.6 Å². The van der Waals surface area contributed by atoms with Gasteiger partial charge < -0.3 is 19.9 Å². The highest BCUT2D eigenvalue weighted by Crippen LogP contribution is 2.30. The number of benzene rings is 1. The van der Waals surface area contributed by atoms with Gasteiger partial charge in [-0.05, 0) is 31.0 Å². The van der Waals surface area contributed by atoms with Gasteiger partial charge in [-0.25, -0.2) is 0 Å². The molecule has 122 valence electrons. The monoisotopic (exact) mass is 315 g/mol. The van der Waals surface area contributed by atoms with Crippen LogP contribution in [0.4, 0.5) is 0 Å². The Kier molecular flexibility index (Phi) is 3.69. The van der Waals surface area contributed by atoms with Gasteiger partial charge in [0.2, 0.25) is 0 Å². The number of hydrogen-bond donors (Lipinski definition) is 1. The van der Waals surface area contributed by atoms with Gasteiger partial charge in [0.15, 0.2) is 0 Å². The summed E-state index contributed by atoms with van der Waals surface area (Å²) in [6.45, 7) is 4.36. The van der Waals surface area contributed by atoms with E-state index in [1.54, 1.807) is 18.2 Å². The molecular weight excluding hydrogens is 294 g/mol. The van der Waals surface area contributed by atoms with Gasteiger partial charge in [0, 0.05) is 38.3 Å². The maximum absolute atomic E-state index is 12.8. The van der Waals surface area contributed by atoms with E-state index in [0.717, 1.165) is 32.5 Å². The molecule has 2 amide bonds. The van der Waals surface area contributed by atoms with Crippen molar-refractivity contribution in [1.29, 1.82) is 0 Å². The van der Waals surface area contributed by atoms with Crippen LogP contribution in [0, 0.1) is 0 Å². The molecule has 1 N–H and O–H groups in total. The molecule has 3 aliphatic heterocycles. The Labute approximate surface area is 135 Å². The molecule has 1 atom stereocenters. The van der Waals surface area contributed by atoms with Crippen molar-refractivity contribution in [3.05, 3.63) is 29.3 Å². The number of rotatable bonds is 1. The minimum atomic E-state index is -0.00989. The molecule has 23 heavy (non-hydrogen) atoms. The number of carbonyl (C=O) groups is 2. The second-order valence-electron chi connectivity index (χ2n) is 6.36. The van der Waals surface area contributed by atoms with Crippen LogP contribution in [0.25, 0.3) is 0 Å². The molecule has 0 spiro atoms. The molecule has 1 aromatic rings. The summed E-state index contributed by atoms with van der Waals surface area (Å²) in [5.74, 6) is 0.584. The average Bonchev–Trinajstić information content (AvgIpc) is 3.03. The van der Waals surface area contributed by atoms with Crippen molar-refractivity contribution in [2.24, 2.45) is 0 Å². The molecular formula is C17H21N3O3. The van der Waals surface area contributed by atoms with Crippen molar-refractivity contribution in [1.82, 2.24) is 15.1 Å². The standard InChI is InChI=1S/C17H21N3O3/c21-16(19-8-5-18-6-9-19)12-3-4-15-14(10-12)17(22)20-7-1-2-13(20)11-23-15/h3-4,10,13,18H,1-2,5-9,11H2/t13-/m0/s1. The fourth-order valence-corrected chi connectivity index (χ4v) is 3.62. The second-order valence-corrected chi connectivity index (χ2v) is 6.36. The molecule has 0 radical (unpaired) electrons. The minimum absolute atomic E-state index is 0.00467. The Morgan fingerprint density at radius 1 is 1.22 bits per heavy atom. The molecule has 3 heterocycles. The van der Waals surface area contributed by atoms with Crippen LogP contribution in [0.1, 0.15) is 33.6 Å². The number of nitrogens with one attached hydrogen (secondary N) is 1. The number of hydrogen-bond acceptors (Lipinski definition) is 4. The molecule has 0 aromatic heterocycles. The number of piperazine rings is 1. The van der Waals surface area contributed by atoms with E-state index < -0.39 is 0 Å². The van der Waals surface area contributed by atoms with E-state index in [1.807, 2.05) is 9.80 Å². The van der Waals surface area contributed by atoms with Crippen LogP contribution in [0.5, 0.6) is 5.75 Å². The van der Waals surface area contributed by atoms with Crippen molar-refractivity contribution in [2.45, 2.75) is 18.9 Å². The summed E-state index contributed by atoms with van der Waals surface area (Å²) >= 11 is 0. The van der Waals surface area contributed by atoms with Crippen molar-refractivity contribution in [3.8, 4) is 5.75 Å². The maximum atomic E-state index is 12.8. The van der Waals surface area contributed by atoms with Gasteiger partial charge in [-0.1, -0.05) is 0 Å². The number of fused-ring (bicyclic) bond motifs is 2. The SMILES string of the molecule is O=C(c1ccc2c(c1)C(=O)N1CCC[C@H]1CO2)N1CCNCC1. The zero-order valence-corrected chi connectivity index (χ0v) is 13.1. The predicted octanol–water partition coefficient (Wildman–Crippen LogP) is 0.729. The fraction of sp³-hybridized carbons (Fsp3) is 0.529. The summed E-state index contributed by atoms with van der Waals surface area (Å²) < 4.78 is 5.82. The first-order valence-electron chi connectivity index (χ1n) is 8.32. The van der Waals surface area contributed by atoms with E-state index in [9.17, 15) is 9.59 Å². The topological polar surface area (TPSA) is 61.9 Å². The Morgan fingerprint density at radius 3 is 2.87 bits per heavy atom. The first kappa shape index (κ1) is 14.5. The molecule has 0 bridgehead atoms. The largest absolute Gasteiger partial charge is 0.491 e. The van der Waals surface area contributed by atoms with Crippen molar-refractivity contribution < 1.29 is 14.3 Å². The van der Waals surface area contributed by atoms with Crippen molar-refractivity contribution in [3.63, 3.8) is 0 Å². The number of ether oxygens (including phenoxy) is 1. The van der Waals surface area contributed by atoms with Gasteiger partial charge >= 0.3 is 0 Å². The van der Waals surface area contributed by atoms with E-state index in [-0.39, 0.29) is 17.9 Å². The maximum Gasteiger partial charge on any atom is 0.258 e. The quantitative estimate of drug-likeness (QED) is 0.830. The van der Waals surface area contributed by atoms with E-state index >= 15 is 0 Å². The first-order valence-corrected chi connectivity index (χ1v) is 8.32. The van der Waals surface area contributed by atoms with Crippen LogP contribution in [-0.2, 0) is 0 Å². The van der Waals surface area contributed by atoms with Gasteiger partial charge in [-0.3, -0.25) is 9.59 Å². The summed E-state index contributed by atoms with van der Waals surface area (Å²) in [5, 5.41) is 3.24. The van der Waals surface area contributed by atoms with Crippen LogP contribution >= 0.6 is 0 Å². The van der Waals surface area contributed by atoms with E-state index in [4.69, 9.17) is 4.74 Å². The van der Waals surface area contributed by atoms with Gasteiger partial charge in [-0.2, -0.15) is 0 Å².